The summed E-state index contributed by atoms with van der Waals surface area (Å²) >= 11 is 0. The molecule has 0 spiro atoms. The largest absolute Gasteiger partial charge is 0.462 e. The van der Waals surface area contributed by atoms with Crippen LogP contribution in [0.25, 0.3) is 0 Å². The number of cyclic esters (lactones) is 1. The lowest BCUT2D eigenvalue weighted by molar-refractivity contribution is -0.145. The minimum atomic E-state index is -0.956. The van der Waals surface area contributed by atoms with Crippen LogP contribution in [0, 0.1) is 11.8 Å². The number of esters is 1. The van der Waals surface area contributed by atoms with Gasteiger partial charge in [0.15, 0.2) is 0 Å². The van der Waals surface area contributed by atoms with E-state index >= 15 is 0 Å². The highest BCUT2D eigenvalue weighted by Crippen LogP contribution is 2.53. The van der Waals surface area contributed by atoms with Crippen molar-refractivity contribution in [3.8, 4) is 0 Å². The van der Waals surface area contributed by atoms with E-state index in [0.717, 1.165) is 5.57 Å². The molecule has 3 rings (SSSR count). The molecular weight excluding hydrogens is 332 g/mol. The maximum Gasteiger partial charge on any atom is 0.334 e. The van der Waals surface area contributed by atoms with Gasteiger partial charge in [0.25, 0.3) is 0 Å². The van der Waals surface area contributed by atoms with Crippen LogP contribution in [0.2, 0.25) is 0 Å². The fraction of sp³-hybridized carbons (Fsp3) is 0.667. The van der Waals surface area contributed by atoms with Gasteiger partial charge in [-0.25, -0.2) is 4.79 Å². The predicted molar refractivity (Wildman–Crippen MR) is 98.4 cm³/mol. The van der Waals surface area contributed by atoms with Gasteiger partial charge in [0.1, 0.15) is 5.60 Å². The van der Waals surface area contributed by atoms with Gasteiger partial charge < -0.3 is 19.7 Å². The average Bonchev–Trinajstić information content (AvgIpc) is 3.17. The average molecular weight is 362 g/mol. The molecule has 5 heteroatoms. The molecule has 3 aliphatic rings. The van der Waals surface area contributed by atoms with Gasteiger partial charge in [-0.2, -0.15) is 0 Å². The first kappa shape index (κ1) is 19.3. The Hall–Kier alpha value is -1.43. The van der Waals surface area contributed by atoms with Gasteiger partial charge in [-0.1, -0.05) is 30.4 Å². The van der Waals surface area contributed by atoms with Crippen LogP contribution in [0.5, 0.6) is 0 Å². The van der Waals surface area contributed by atoms with Crippen molar-refractivity contribution >= 4 is 5.97 Å². The molecule has 5 nitrogen and oxygen atoms in total. The van der Waals surface area contributed by atoms with E-state index in [4.69, 9.17) is 9.47 Å². The van der Waals surface area contributed by atoms with Crippen LogP contribution in [0.1, 0.15) is 47.0 Å². The minimum Gasteiger partial charge on any atom is -0.462 e. The molecule has 5 unspecified atom stereocenters. The smallest absolute Gasteiger partial charge is 0.334 e. The highest BCUT2D eigenvalue weighted by Gasteiger charge is 2.63. The maximum absolute atomic E-state index is 12.4. The van der Waals surface area contributed by atoms with Crippen molar-refractivity contribution in [1.29, 1.82) is 0 Å². The number of fused-ring (bicyclic) bond motifs is 2. The Labute approximate surface area is 155 Å². The molecule has 2 aliphatic heterocycles. The van der Waals surface area contributed by atoms with Crippen molar-refractivity contribution in [2.45, 2.75) is 69.9 Å². The van der Waals surface area contributed by atoms with Crippen molar-refractivity contribution in [3.05, 3.63) is 36.0 Å². The van der Waals surface area contributed by atoms with E-state index in [1.165, 1.54) is 0 Å². The molecule has 3 fully saturated rings. The van der Waals surface area contributed by atoms with Crippen LogP contribution in [-0.2, 0) is 14.3 Å². The Morgan fingerprint density at radius 2 is 2.00 bits per heavy atom. The van der Waals surface area contributed by atoms with Gasteiger partial charge in [0.05, 0.1) is 23.9 Å². The van der Waals surface area contributed by atoms with Gasteiger partial charge in [0, 0.05) is 17.4 Å². The summed E-state index contributed by atoms with van der Waals surface area (Å²) in [4.78, 5) is 12.4. The number of carbonyl (C=O) groups excluding carboxylic acids is 1. The van der Waals surface area contributed by atoms with Crippen molar-refractivity contribution in [2.75, 3.05) is 6.61 Å². The Kier molecular flexibility index (Phi) is 4.70. The second-order valence-corrected chi connectivity index (χ2v) is 8.83. The van der Waals surface area contributed by atoms with Crippen LogP contribution in [0.4, 0.5) is 0 Å². The molecule has 144 valence electrons. The van der Waals surface area contributed by atoms with Crippen molar-refractivity contribution in [1.82, 2.24) is 0 Å². The van der Waals surface area contributed by atoms with Crippen LogP contribution < -0.4 is 0 Å². The minimum absolute atomic E-state index is 0.0248. The van der Waals surface area contributed by atoms with Gasteiger partial charge in [-0.3, -0.25) is 0 Å². The third-order valence-electron chi connectivity index (χ3n) is 6.22. The van der Waals surface area contributed by atoms with Crippen LogP contribution in [0.15, 0.2) is 36.0 Å². The lowest BCUT2D eigenvalue weighted by Crippen LogP contribution is -2.42. The standard InChI is InChI=1S/C21H30O5/c1-13-11-17-21(5,26-17)20(4,24)10-8-14-15(7-6-9-19(2,3)23)18(22)25-12-16(13)14/h6-7,9,14,16-17,23-24H,1,8,10-12H2,2-5H3. The molecule has 2 N–H and O–H groups in total. The SMILES string of the molecule is C=C1CC2OC2(C)C(C)(O)CCC2C(=CC=CC(C)(C)O)C(=O)OCC12. The second-order valence-electron chi connectivity index (χ2n) is 8.83. The zero-order valence-electron chi connectivity index (χ0n) is 16.1. The number of ether oxygens (including phenoxy) is 2. The second kappa shape index (κ2) is 6.32. The molecule has 0 amide bonds. The summed E-state index contributed by atoms with van der Waals surface area (Å²) in [6, 6.07) is 0. The lowest BCUT2D eigenvalue weighted by Gasteiger charge is -2.35. The van der Waals surface area contributed by atoms with Gasteiger partial charge in [0.2, 0.25) is 0 Å². The normalized spacial score (nSPS) is 42.5. The topological polar surface area (TPSA) is 79.3 Å². The van der Waals surface area contributed by atoms with Gasteiger partial charge in [-0.15, -0.1) is 0 Å². The Morgan fingerprint density at radius 3 is 2.65 bits per heavy atom. The van der Waals surface area contributed by atoms with E-state index in [0.29, 0.717) is 31.4 Å². The number of epoxide rings is 1. The molecule has 1 saturated carbocycles. The predicted octanol–water partition coefficient (Wildman–Crippen LogP) is 2.68. The number of allylic oxidation sites excluding steroid dienone is 2. The summed E-state index contributed by atoms with van der Waals surface area (Å²) in [5.41, 5.74) is -0.874. The van der Waals surface area contributed by atoms with Crippen molar-refractivity contribution in [2.24, 2.45) is 11.8 Å². The Bertz CT molecular complexity index is 666. The summed E-state index contributed by atoms with van der Waals surface area (Å²) in [5.74, 6) is -0.356. The third kappa shape index (κ3) is 3.53. The quantitative estimate of drug-likeness (QED) is 0.342. The van der Waals surface area contributed by atoms with E-state index < -0.39 is 16.8 Å². The summed E-state index contributed by atoms with van der Waals surface area (Å²) in [7, 11) is 0. The molecule has 1 aliphatic carbocycles. The van der Waals surface area contributed by atoms with Crippen molar-refractivity contribution in [3.63, 3.8) is 0 Å². The molecule has 0 aromatic carbocycles. The molecule has 26 heavy (non-hydrogen) atoms. The van der Waals surface area contributed by atoms with E-state index in [-0.39, 0.29) is 23.9 Å². The lowest BCUT2D eigenvalue weighted by atomic mass is 9.75. The first-order chi connectivity index (χ1) is 11.9. The number of carbonyl (C=O) groups is 1. The summed E-state index contributed by atoms with van der Waals surface area (Å²) < 4.78 is 11.2. The number of hydrogen-bond donors (Lipinski definition) is 2. The molecule has 2 heterocycles. The fourth-order valence-electron chi connectivity index (χ4n) is 4.12. The molecule has 0 bridgehead atoms. The van der Waals surface area contributed by atoms with Gasteiger partial charge in [-0.05, 0) is 47.0 Å². The summed E-state index contributed by atoms with van der Waals surface area (Å²) in [6.45, 7) is 11.7. The van der Waals surface area contributed by atoms with E-state index in [9.17, 15) is 15.0 Å². The molecule has 0 aromatic heterocycles. The zero-order valence-corrected chi connectivity index (χ0v) is 16.1. The van der Waals surface area contributed by atoms with Crippen LogP contribution in [0.3, 0.4) is 0 Å². The van der Waals surface area contributed by atoms with E-state index in [1.54, 1.807) is 32.1 Å². The fourth-order valence-corrected chi connectivity index (χ4v) is 4.12. The van der Waals surface area contributed by atoms with E-state index in [2.05, 4.69) is 6.58 Å². The zero-order chi connectivity index (χ0) is 19.3. The number of aliphatic hydroxyl groups is 2. The highest BCUT2D eigenvalue weighted by atomic mass is 16.6. The molecule has 5 atom stereocenters. The third-order valence-corrected chi connectivity index (χ3v) is 6.22. The van der Waals surface area contributed by atoms with Crippen LogP contribution in [-0.4, -0.2) is 45.7 Å². The summed E-state index contributed by atoms with van der Waals surface area (Å²) in [5, 5.41) is 20.8. The Balaban J connectivity index is 1.91. The number of rotatable bonds is 2. The first-order valence-corrected chi connectivity index (χ1v) is 9.31. The first-order valence-electron chi connectivity index (χ1n) is 9.31. The molecular formula is C21H30O5. The molecule has 2 saturated heterocycles. The molecule has 0 aromatic rings. The monoisotopic (exact) mass is 362 g/mol. The van der Waals surface area contributed by atoms with Gasteiger partial charge >= 0.3 is 5.97 Å². The molecule has 0 radical (unpaired) electrons. The van der Waals surface area contributed by atoms with Crippen molar-refractivity contribution < 1.29 is 24.5 Å². The Morgan fingerprint density at radius 1 is 1.31 bits per heavy atom. The van der Waals surface area contributed by atoms with Crippen LogP contribution >= 0.6 is 0 Å². The van der Waals surface area contributed by atoms with E-state index in [1.807, 2.05) is 13.8 Å². The highest BCUT2D eigenvalue weighted by molar-refractivity contribution is 5.90. The summed E-state index contributed by atoms with van der Waals surface area (Å²) in [6.07, 6.45) is 6.89. The number of hydrogen-bond acceptors (Lipinski definition) is 5. The maximum atomic E-state index is 12.4.